The molecule has 1 aromatic rings. The Morgan fingerprint density at radius 2 is 1.92 bits per heavy atom. The first kappa shape index (κ1) is 19.4. The Hall–Kier alpha value is -2.88. The van der Waals surface area contributed by atoms with Crippen LogP contribution in [0.5, 0.6) is 0 Å². The zero-order chi connectivity index (χ0) is 19.4. The van der Waals surface area contributed by atoms with E-state index in [2.05, 4.69) is 0 Å². The Morgan fingerprint density at radius 3 is 2.38 bits per heavy atom. The number of nitriles is 1. The van der Waals surface area contributed by atoms with Gasteiger partial charge in [-0.05, 0) is 30.0 Å². The van der Waals surface area contributed by atoms with E-state index in [9.17, 15) is 19.5 Å². The Kier molecular flexibility index (Phi) is 5.98. The summed E-state index contributed by atoms with van der Waals surface area (Å²) in [6.45, 7) is 3.75. The number of nitrogens with zero attached hydrogens (tertiary/aromatic N) is 2. The first-order valence-corrected chi connectivity index (χ1v) is 8.42. The molecule has 1 fully saturated rings. The predicted molar refractivity (Wildman–Crippen MR) is 91.7 cm³/mol. The lowest BCUT2D eigenvalue weighted by molar-refractivity contribution is -0.151. The molecule has 0 aromatic heterocycles. The molecule has 26 heavy (non-hydrogen) atoms. The van der Waals surface area contributed by atoms with Gasteiger partial charge in [0.05, 0.1) is 30.7 Å². The maximum Gasteiger partial charge on any atom is 0.326 e. The lowest BCUT2D eigenvalue weighted by atomic mass is 9.92. The molecule has 138 valence electrons. The topological polar surface area (TPSA) is 108 Å². The second-order valence-corrected chi connectivity index (χ2v) is 6.80. The number of aliphatic carboxylic acids is 1. The molecule has 1 aromatic carbocycles. The number of carboxylic acid groups (broad SMARTS) is 1. The molecular weight excluding hydrogens is 336 g/mol. The van der Waals surface area contributed by atoms with Crippen LogP contribution in [0.3, 0.4) is 0 Å². The molecular formula is C19H22N2O5. The van der Waals surface area contributed by atoms with Gasteiger partial charge in [0.25, 0.3) is 0 Å². The lowest BCUT2D eigenvalue weighted by Crippen LogP contribution is -2.42. The second kappa shape index (κ2) is 8.00. The number of amides is 1. The molecule has 3 atom stereocenters. The van der Waals surface area contributed by atoms with E-state index in [1.54, 1.807) is 24.3 Å². The van der Waals surface area contributed by atoms with Crippen LogP contribution < -0.4 is 0 Å². The van der Waals surface area contributed by atoms with Gasteiger partial charge in [0.2, 0.25) is 5.91 Å². The largest absolute Gasteiger partial charge is 0.480 e. The number of carbonyl (C=O) groups excluding carboxylic acids is 2. The quantitative estimate of drug-likeness (QED) is 0.808. The van der Waals surface area contributed by atoms with Crippen LogP contribution in [0.2, 0.25) is 0 Å². The number of likely N-dealkylation sites (tertiary alicyclic amines) is 1. The molecule has 1 aliphatic rings. The lowest BCUT2D eigenvalue weighted by Gasteiger charge is -2.30. The number of carboxylic acids is 1. The number of methoxy groups -OCH3 is 1. The third-order valence-corrected chi connectivity index (χ3v) is 4.53. The molecule has 7 nitrogen and oxygen atoms in total. The van der Waals surface area contributed by atoms with Gasteiger partial charge in [-0.25, -0.2) is 4.79 Å². The summed E-state index contributed by atoms with van der Waals surface area (Å²) in [7, 11) is 1.24. The average molecular weight is 358 g/mol. The van der Waals surface area contributed by atoms with E-state index in [0.717, 1.165) is 0 Å². The number of hydrogen-bond acceptors (Lipinski definition) is 5. The minimum absolute atomic E-state index is 0.00346. The van der Waals surface area contributed by atoms with Gasteiger partial charge in [0.1, 0.15) is 6.04 Å². The summed E-state index contributed by atoms with van der Waals surface area (Å²) in [6.07, 6.45) is 0.182. The first-order valence-electron chi connectivity index (χ1n) is 8.42. The molecule has 7 heteroatoms. The van der Waals surface area contributed by atoms with E-state index in [0.29, 0.717) is 11.1 Å². The molecule has 1 heterocycles. The van der Waals surface area contributed by atoms with Crippen molar-refractivity contribution in [2.45, 2.75) is 38.8 Å². The summed E-state index contributed by atoms with van der Waals surface area (Å²) in [5.41, 5.74) is 1.05. The van der Waals surface area contributed by atoms with Crippen LogP contribution in [-0.2, 0) is 19.1 Å². The van der Waals surface area contributed by atoms with Crippen molar-refractivity contribution in [1.29, 1.82) is 5.26 Å². The SMILES string of the molecule is COC(=O)C1CC(C(=O)O)N(C(=O)CC(C)C)C1c1ccc(C#N)cc1. The Morgan fingerprint density at radius 1 is 1.31 bits per heavy atom. The fourth-order valence-corrected chi connectivity index (χ4v) is 3.40. The highest BCUT2D eigenvalue weighted by Gasteiger charge is 2.50. The predicted octanol–water partition coefficient (Wildman–Crippen LogP) is 2.12. The van der Waals surface area contributed by atoms with Gasteiger partial charge in [-0.1, -0.05) is 26.0 Å². The van der Waals surface area contributed by atoms with Gasteiger partial charge < -0.3 is 14.7 Å². The second-order valence-electron chi connectivity index (χ2n) is 6.80. The van der Waals surface area contributed by atoms with E-state index in [1.807, 2.05) is 19.9 Å². The summed E-state index contributed by atoms with van der Waals surface area (Å²) in [6, 6.07) is 6.66. The smallest absolute Gasteiger partial charge is 0.326 e. The fraction of sp³-hybridized carbons (Fsp3) is 0.474. The highest BCUT2D eigenvalue weighted by molar-refractivity contribution is 5.87. The molecule has 0 bridgehead atoms. The van der Waals surface area contributed by atoms with Crippen LogP contribution in [0.1, 0.15) is 43.9 Å². The summed E-state index contributed by atoms with van der Waals surface area (Å²) < 4.78 is 4.85. The van der Waals surface area contributed by atoms with Gasteiger partial charge in [0, 0.05) is 6.42 Å². The van der Waals surface area contributed by atoms with Gasteiger partial charge >= 0.3 is 11.9 Å². The zero-order valence-corrected chi connectivity index (χ0v) is 15.0. The van der Waals surface area contributed by atoms with Gasteiger partial charge in [-0.3, -0.25) is 9.59 Å². The minimum atomic E-state index is -1.15. The first-order chi connectivity index (χ1) is 12.3. The zero-order valence-electron chi connectivity index (χ0n) is 15.0. The molecule has 1 saturated heterocycles. The van der Waals surface area contributed by atoms with Crippen molar-refractivity contribution in [2.24, 2.45) is 11.8 Å². The third kappa shape index (κ3) is 3.85. The Bertz CT molecular complexity index is 735. The van der Waals surface area contributed by atoms with E-state index < -0.39 is 29.9 Å². The number of esters is 1. The van der Waals surface area contributed by atoms with Crippen molar-refractivity contribution in [2.75, 3.05) is 7.11 Å². The Balaban J connectivity index is 2.51. The van der Waals surface area contributed by atoms with Crippen LogP contribution in [0.25, 0.3) is 0 Å². The summed E-state index contributed by atoms with van der Waals surface area (Å²) in [5.74, 6) is -2.73. The molecule has 0 saturated carbocycles. The summed E-state index contributed by atoms with van der Waals surface area (Å²) in [4.78, 5) is 38.1. The van der Waals surface area contributed by atoms with Crippen LogP contribution in [-0.4, -0.2) is 41.0 Å². The molecule has 2 rings (SSSR count). The third-order valence-electron chi connectivity index (χ3n) is 4.53. The monoisotopic (exact) mass is 358 g/mol. The number of carbonyl (C=O) groups is 3. The van der Waals surface area contributed by atoms with Crippen LogP contribution in [0.15, 0.2) is 24.3 Å². The fourth-order valence-electron chi connectivity index (χ4n) is 3.40. The molecule has 1 amide bonds. The van der Waals surface area contributed by atoms with Crippen molar-refractivity contribution < 1.29 is 24.2 Å². The van der Waals surface area contributed by atoms with Crippen molar-refractivity contribution in [3.63, 3.8) is 0 Å². The van der Waals surface area contributed by atoms with E-state index in [4.69, 9.17) is 10.00 Å². The average Bonchev–Trinajstić information content (AvgIpc) is 3.01. The normalized spacial score (nSPS) is 22.1. The van der Waals surface area contributed by atoms with Gasteiger partial charge in [0.15, 0.2) is 0 Å². The molecule has 0 radical (unpaired) electrons. The molecule has 0 aliphatic carbocycles. The van der Waals surface area contributed by atoms with Crippen LogP contribution in [0, 0.1) is 23.2 Å². The summed E-state index contributed by atoms with van der Waals surface area (Å²) >= 11 is 0. The van der Waals surface area contributed by atoms with Crippen LogP contribution >= 0.6 is 0 Å². The number of hydrogen-bond donors (Lipinski definition) is 1. The highest BCUT2D eigenvalue weighted by Crippen LogP contribution is 2.42. The van der Waals surface area contributed by atoms with Gasteiger partial charge in [-0.15, -0.1) is 0 Å². The van der Waals surface area contributed by atoms with Crippen LogP contribution in [0.4, 0.5) is 0 Å². The standard InChI is InChI=1S/C19H22N2O5/c1-11(2)8-16(22)21-15(18(23)24)9-14(19(25)26-3)17(21)13-6-4-12(10-20)5-7-13/h4-7,11,14-15,17H,8-9H2,1-3H3,(H,23,24). The Labute approximate surface area is 152 Å². The van der Waals surface area contributed by atoms with E-state index in [-0.39, 0.29) is 24.7 Å². The number of benzene rings is 1. The van der Waals surface area contributed by atoms with Crippen molar-refractivity contribution in [3.8, 4) is 6.07 Å². The summed E-state index contributed by atoms with van der Waals surface area (Å²) in [5, 5.41) is 18.6. The van der Waals surface area contributed by atoms with Crippen molar-refractivity contribution in [1.82, 2.24) is 4.90 Å². The molecule has 1 aliphatic heterocycles. The van der Waals surface area contributed by atoms with E-state index >= 15 is 0 Å². The maximum atomic E-state index is 12.8. The highest BCUT2D eigenvalue weighted by atomic mass is 16.5. The molecule has 0 spiro atoms. The van der Waals surface area contributed by atoms with E-state index in [1.165, 1.54) is 12.0 Å². The van der Waals surface area contributed by atoms with Crippen molar-refractivity contribution in [3.05, 3.63) is 35.4 Å². The van der Waals surface area contributed by atoms with Gasteiger partial charge in [-0.2, -0.15) is 5.26 Å². The maximum absolute atomic E-state index is 12.8. The minimum Gasteiger partial charge on any atom is -0.480 e. The number of rotatable bonds is 5. The number of ether oxygens (including phenoxy) is 1. The van der Waals surface area contributed by atoms with Crippen molar-refractivity contribution >= 4 is 17.8 Å². The molecule has 3 unspecified atom stereocenters. The molecule has 1 N–H and O–H groups in total.